The summed E-state index contributed by atoms with van der Waals surface area (Å²) >= 11 is 15.5. The highest BCUT2D eigenvalue weighted by Gasteiger charge is 2.26. The SMILES string of the molecule is O=S(=O)(c1sccc1Br)N(CCCl)CCCl. The Morgan fingerprint density at radius 2 is 1.88 bits per heavy atom. The van der Waals surface area contributed by atoms with Crippen LogP contribution < -0.4 is 0 Å². The maximum Gasteiger partial charge on any atom is 0.253 e. The summed E-state index contributed by atoms with van der Waals surface area (Å²) in [4.78, 5) is 0. The number of hydrogen-bond donors (Lipinski definition) is 0. The second-order valence-electron chi connectivity index (χ2n) is 2.84. The van der Waals surface area contributed by atoms with Gasteiger partial charge in [-0.15, -0.1) is 34.5 Å². The molecule has 0 spiro atoms. The fourth-order valence-electron chi connectivity index (χ4n) is 1.12. The molecule has 0 aliphatic rings. The standard InChI is InChI=1S/C8H10BrCl2NO2S2/c9-7-1-6-15-8(7)16(13,14)12(4-2-10)5-3-11/h1,6H,2-5H2. The van der Waals surface area contributed by atoms with Crippen LogP contribution in [0.15, 0.2) is 20.1 Å². The summed E-state index contributed by atoms with van der Waals surface area (Å²) in [5, 5.41) is 1.72. The first-order valence-corrected chi connectivity index (χ1v) is 8.57. The minimum absolute atomic E-state index is 0.249. The highest BCUT2D eigenvalue weighted by atomic mass is 79.9. The molecule has 0 aliphatic carbocycles. The second kappa shape index (κ2) is 6.56. The Balaban J connectivity index is 3.03. The van der Waals surface area contributed by atoms with Crippen molar-refractivity contribution in [2.24, 2.45) is 0 Å². The van der Waals surface area contributed by atoms with Gasteiger partial charge in [0.25, 0.3) is 10.0 Å². The van der Waals surface area contributed by atoms with Crippen LogP contribution in [-0.4, -0.2) is 37.6 Å². The molecule has 1 heterocycles. The average Bonchev–Trinajstić information content (AvgIpc) is 2.65. The van der Waals surface area contributed by atoms with Gasteiger partial charge in [-0.05, 0) is 27.4 Å². The molecule has 92 valence electrons. The number of hydrogen-bond acceptors (Lipinski definition) is 3. The zero-order chi connectivity index (χ0) is 12.2. The van der Waals surface area contributed by atoms with E-state index in [1.165, 1.54) is 15.6 Å². The Bertz CT molecular complexity index is 429. The lowest BCUT2D eigenvalue weighted by molar-refractivity contribution is 0.450. The predicted molar refractivity (Wildman–Crippen MR) is 72.2 cm³/mol. The van der Waals surface area contributed by atoms with Gasteiger partial charge in [0.05, 0.1) is 0 Å². The lowest BCUT2D eigenvalue weighted by Gasteiger charge is -2.19. The van der Waals surface area contributed by atoms with Crippen LogP contribution in [0.25, 0.3) is 0 Å². The Morgan fingerprint density at radius 1 is 1.31 bits per heavy atom. The molecule has 0 saturated heterocycles. The van der Waals surface area contributed by atoms with Crippen LogP contribution >= 0.6 is 50.5 Å². The summed E-state index contributed by atoms with van der Waals surface area (Å²) in [6.45, 7) is 0.530. The van der Waals surface area contributed by atoms with Gasteiger partial charge in [0.1, 0.15) is 4.21 Å². The first-order chi connectivity index (χ1) is 7.54. The molecule has 3 nitrogen and oxygen atoms in total. The third-order valence-electron chi connectivity index (χ3n) is 1.83. The molecule has 1 rings (SSSR count). The quantitative estimate of drug-likeness (QED) is 0.725. The van der Waals surface area contributed by atoms with Gasteiger partial charge in [-0.25, -0.2) is 8.42 Å². The lowest BCUT2D eigenvalue weighted by Crippen LogP contribution is -2.34. The molecule has 0 N–H and O–H groups in total. The van der Waals surface area contributed by atoms with E-state index in [1.54, 1.807) is 11.4 Å². The summed E-state index contributed by atoms with van der Waals surface area (Å²) in [6, 6.07) is 1.71. The Labute approximate surface area is 118 Å². The molecule has 0 fully saturated rings. The van der Waals surface area contributed by atoms with Crippen LogP contribution in [0, 0.1) is 0 Å². The van der Waals surface area contributed by atoms with Crippen molar-refractivity contribution in [2.45, 2.75) is 4.21 Å². The Kier molecular flexibility index (Phi) is 6.04. The van der Waals surface area contributed by atoms with Gasteiger partial charge in [0.15, 0.2) is 0 Å². The van der Waals surface area contributed by atoms with Gasteiger partial charge in [-0.3, -0.25) is 0 Å². The van der Waals surface area contributed by atoms with E-state index in [2.05, 4.69) is 15.9 Å². The first kappa shape index (κ1) is 14.7. The van der Waals surface area contributed by atoms with Gasteiger partial charge in [-0.1, -0.05) is 0 Å². The minimum Gasteiger partial charge on any atom is -0.206 e. The monoisotopic (exact) mass is 365 g/mol. The van der Waals surface area contributed by atoms with Crippen molar-refractivity contribution < 1.29 is 8.42 Å². The number of halogens is 3. The van der Waals surface area contributed by atoms with Crippen molar-refractivity contribution in [3.63, 3.8) is 0 Å². The number of sulfonamides is 1. The third kappa shape index (κ3) is 3.34. The Hall–Kier alpha value is 0.670. The molecule has 0 saturated carbocycles. The molecule has 8 heteroatoms. The van der Waals surface area contributed by atoms with Crippen LogP contribution in [-0.2, 0) is 10.0 Å². The first-order valence-electron chi connectivity index (χ1n) is 4.39. The number of rotatable bonds is 6. The molecule has 0 aromatic carbocycles. The number of nitrogens with zero attached hydrogens (tertiary/aromatic N) is 1. The van der Waals surface area contributed by atoms with Gasteiger partial charge >= 0.3 is 0 Å². The highest BCUT2D eigenvalue weighted by Crippen LogP contribution is 2.30. The second-order valence-corrected chi connectivity index (χ2v) is 7.50. The molecule has 0 amide bonds. The molecule has 0 atom stereocenters. The average molecular weight is 367 g/mol. The topological polar surface area (TPSA) is 37.4 Å². The van der Waals surface area contributed by atoms with Crippen LogP contribution in [0.4, 0.5) is 0 Å². The molecule has 0 aliphatic heterocycles. The normalized spacial score (nSPS) is 12.2. The highest BCUT2D eigenvalue weighted by molar-refractivity contribution is 9.10. The number of thiophene rings is 1. The van der Waals surface area contributed by atoms with E-state index in [0.29, 0.717) is 8.68 Å². The fraction of sp³-hybridized carbons (Fsp3) is 0.500. The van der Waals surface area contributed by atoms with Gasteiger partial charge in [0.2, 0.25) is 0 Å². The molecular formula is C8H10BrCl2NO2S2. The molecule has 16 heavy (non-hydrogen) atoms. The van der Waals surface area contributed by atoms with Gasteiger partial charge in [0, 0.05) is 29.3 Å². The van der Waals surface area contributed by atoms with Crippen LogP contribution in [0.5, 0.6) is 0 Å². The molecule has 0 unspecified atom stereocenters. The van der Waals surface area contributed by atoms with Crippen LogP contribution in [0.3, 0.4) is 0 Å². The van der Waals surface area contributed by atoms with Crippen molar-refractivity contribution in [1.29, 1.82) is 0 Å². The molecule has 0 radical (unpaired) electrons. The maximum atomic E-state index is 12.2. The van der Waals surface area contributed by atoms with Gasteiger partial charge < -0.3 is 0 Å². The van der Waals surface area contributed by atoms with E-state index in [-0.39, 0.29) is 24.8 Å². The zero-order valence-corrected chi connectivity index (χ0v) is 12.9. The van der Waals surface area contributed by atoms with Crippen molar-refractivity contribution in [1.82, 2.24) is 4.31 Å². The van der Waals surface area contributed by atoms with E-state index >= 15 is 0 Å². The number of alkyl halides is 2. The summed E-state index contributed by atoms with van der Waals surface area (Å²) < 4.78 is 26.5. The van der Waals surface area contributed by atoms with Crippen molar-refractivity contribution in [3.05, 3.63) is 15.9 Å². The van der Waals surface area contributed by atoms with Crippen LogP contribution in [0.2, 0.25) is 0 Å². The van der Waals surface area contributed by atoms with E-state index in [1.807, 2.05) is 0 Å². The summed E-state index contributed by atoms with van der Waals surface area (Å²) in [5.74, 6) is 0.498. The molecule has 1 aromatic heterocycles. The van der Waals surface area contributed by atoms with Crippen molar-refractivity contribution in [3.8, 4) is 0 Å². The van der Waals surface area contributed by atoms with E-state index < -0.39 is 10.0 Å². The largest absolute Gasteiger partial charge is 0.253 e. The van der Waals surface area contributed by atoms with Crippen LogP contribution in [0.1, 0.15) is 0 Å². The minimum atomic E-state index is -3.48. The molecular weight excluding hydrogens is 357 g/mol. The molecule has 1 aromatic rings. The van der Waals surface area contributed by atoms with Crippen molar-refractivity contribution >= 4 is 60.5 Å². The predicted octanol–water partition coefficient (Wildman–Crippen LogP) is 2.98. The maximum absolute atomic E-state index is 12.2. The third-order valence-corrected chi connectivity index (χ3v) is 6.71. The smallest absolute Gasteiger partial charge is 0.206 e. The van der Waals surface area contributed by atoms with Crippen molar-refractivity contribution in [2.75, 3.05) is 24.8 Å². The molecule has 0 bridgehead atoms. The Morgan fingerprint density at radius 3 is 2.25 bits per heavy atom. The van der Waals surface area contributed by atoms with E-state index in [0.717, 1.165) is 0 Å². The lowest BCUT2D eigenvalue weighted by atomic mass is 10.6. The summed E-state index contributed by atoms with van der Waals surface area (Å²) in [5.41, 5.74) is 0. The fourth-order valence-corrected chi connectivity index (χ4v) is 5.62. The summed E-state index contributed by atoms with van der Waals surface area (Å²) in [6.07, 6.45) is 0. The summed E-state index contributed by atoms with van der Waals surface area (Å²) in [7, 11) is -3.48. The van der Waals surface area contributed by atoms with E-state index in [4.69, 9.17) is 23.2 Å². The van der Waals surface area contributed by atoms with Gasteiger partial charge in [-0.2, -0.15) is 4.31 Å². The zero-order valence-electron chi connectivity index (χ0n) is 8.20. The van der Waals surface area contributed by atoms with E-state index in [9.17, 15) is 8.42 Å².